The van der Waals surface area contributed by atoms with Gasteiger partial charge in [-0.1, -0.05) is 40.2 Å². The Bertz CT molecular complexity index is 1250. The third-order valence-electron chi connectivity index (χ3n) is 3.97. The third-order valence-corrected chi connectivity index (χ3v) is 4.49. The van der Waals surface area contributed by atoms with Gasteiger partial charge in [0.25, 0.3) is 5.91 Å². The summed E-state index contributed by atoms with van der Waals surface area (Å²) in [6, 6.07) is 12.8. The van der Waals surface area contributed by atoms with Crippen LogP contribution in [0.3, 0.4) is 0 Å². The van der Waals surface area contributed by atoms with Crippen LogP contribution in [-0.2, 0) is 0 Å². The molecule has 0 atom stereocenters. The van der Waals surface area contributed by atoms with E-state index in [2.05, 4.69) is 30.9 Å². The van der Waals surface area contributed by atoms with Crippen LogP contribution in [-0.4, -0.2) is 25.4 Å². The highest BCUT2D eigenvalue weighted by Crippen LogP contribution is 2.24. The average molecular weight is 428 g/mol. The van der Waals surface area contributed by atoms with Crippen LogP contribution in [0, 0.1) is 5.82 Å². The Hall–Kier alpha value is -3.33. The number of benzene rings is 2. The molecule has 0 fully saturated rings. The number of halogens is 2. The lowest BCUT2D eigenvalue weighted by atomic mass is 10.2. The van der Waals surface area contributed by atoms with Crippen LogP contribution in [0.2, 0.25) is 0 Å². The third kappa shape index (κ3) is 2.91. The molecule has 0 unspecified atom stereocenters. The topological polar surface area (TPSA) is 107 Å². The monoisotopic (exact) mass is 427 g/mol. The molecule has 0 spiro atoms. The highest BCUT2D eigenvalue weighted by Gasteiger charge is 2.21. The van der Waals surface area contributed by atoms with Gasteiger partial charge >= 0.3 is 5.69 Å². The first kappa shape index (κ1) is 17.1. The average Bonchev–Trinajstić information content (AvgIpc) is 2.97. The largest absolute Gasteiger partial charge is 0.364 e. The van der Waals surface area contributed by atoms with Gasteiger partial charge in [-0.2, -0.15) is 0 Å². The van der Waals surface area contributed by atoms with Gasteiger partial charge in [-0.3, -0.25) is 4.79 Å². The maximum Gasteiger partial charge on any atom is 0.332 e. The summed E-state index contributed by atoms with van der Waals surface area (Å²) in [4.78, 5) is 35.4. The SMILES string of the molecule is NC(=O)c1nc(-c2ccc(Br)cc2)nc2c1[nH]c(=O)n2-c1ccccc1F. The van der Waals surface area contributed by atoms with Gasteiger partial charge in [0, 0.05) is 10.0 Å². The van der Waals surface area contributed by atoms with Crippen molar-refractivity contribution in [1.82, 2.24) is 19.5 Å². The number of aromatic nitrogens is 4. The Morgan fingerprint density at radius 1 is 1.11 bits per heavy atom. The number of imidazole rings is 1. The van der Waals surface area contributed by atoms with E-state index in [9.17, 15) is 14.0 Å². The summed E-state index contributed by atoms with van der Waals surface area (Å²) in [7, 11) is 0. The van der Waals surface area contributed by atoms with Gasteiger partial charge in [-0.05, 0) is 24.3 Å². The molecule has 0 saturated heterocycles. The fraction of sp³-hybridized carbons (Fsp3) is 0. The number of carbonyl (C=O) groups excluding carboxylic acids is 1. The number of fused-ring (bicyclic) bond motifs is 1. The molecular weight excluding hydrogens is 417 g/mol. The molecule has 4 aromatic rings. The van der Waals surface area contributed by atoms with Gasteiger partial charge in [-0.15, -0.1) is 0 Å². The van der Waals surface area contributed by atoms with Gasteiger partial charge in [0.05, 0.1) is 5.69 Å². The summed E-state index contributed by atoms with van der Waals surface area (Å²) in [5.41, 5.74) is 5.36. The van der Waals surface area contributed by atoms with Crippen LogP contribution >= 0.6 is 15.9 Å². The number of nitrogens with one attached hydrogen (secondary N) is 1. The number of aromatic amines is 1. The van der Waals surface area contributed by atoms with E-state index in [0.717, 1.165) is 9.04 Å². The van der Waals surface area contributed by atoms with Crippen LogP contribution in [0.4, 0.5) is 4.39 Å². The molecule has 0 saturated carbocycles. The Labute approximate surface area is 159 Å². The first-order valence-electron chi connectivity index (χ1n) is 7.79. The number of hydrogen-bond acceptors (Lipinski definition) is 4. The molecule has 0 aliphatic rings. The van der Waals surface area contributed by atoms with Gasteiger partial charge in [0.15, 0.2) is 17.2 Å². The molecular formula is C18H11BrFN5O2. The molecule has 7 nitrogen and oxygen atoms in total. The summed E-state index contributed by atoms with van der Waals surface area (Å²) in [5.74, 6) is -1.25. The highest BCUT2D eigenvalue weighted by atomic mass is 79.9. The lowest BCUT2D eigenvalue weighted by molar-refractivity contribution is 0.0997. The number of para-hydroxylation sites is 1. The summed E-state index contributed by atoms with van der Waals surface area (Å²) in [6.45, 7) is 0. The van der Waals surface area contributed by atoms with E-state index in [1.165, 1.54) is 18.2 Å². The molecule has 27 heavy (non-hydrogen) atoms. The van der Waals surface area contributed by atoms with Gasteiger partial charge < -0.3 is 10.7 Å². The predicted molar refractivity (Wildman–Crippen MR) is 101 cm³/mol. The van der Waals surface area contributed by atoms with Gasteiger partial charge in [0.1, 0.15) is 11.3 Å². The smallest absolute Gasteiger partial charge is 0.332 e. The number of amides is 1. The minimum Gasteiger partial charge on any atom is -0.364 e. The molecule has 2 aromatic carbocycles. The van der Waals surface area contributed by atoms with Crippen molar-refractivity contribution < 1.29 is 9.18 Å². The minimum absolute atomic E-state index is 0.00428. The Morgan fingerprint density at radius 2 is 1.81 bits per heavy atom. The van der Waals surface area contributed by atoms with Crippen LogP contribution in [0.1, 0.15) is 10.5 Å². The lowest BCUT2D eigenvalue weighted by Crippen LogP contribution is -2.16. The second-order valence-corrected chi connectivity index (χ2v) is 6.60. The van der Waals surface area contributed by atoms with E-state index >= 15 is 0 Å². The maximum absolute atomic E-state index is 14.3. The van der Waals surface area contributed by atoms with Crippen molar-refractivity contribution >= 4 is 33.0 Å². The molecule has 0 bridgehead atoms. The molecule has 4 rings (SSSR count). The Kier molecular flexibility index (Phi) is 4.08. The molecule has 9 heteroatoms. The van der Waals surface area contributed by atoms with E-state index in [1.807, 2.05) is 0 Å². The van der Waals surface area contributed by atoms with Crippen molar-refractivity contribution in [3.63, 3.8) is 0 Å². The van der Waals surface area contributed by atoms with Gasteiger partial charge in [0.2, 0.25) is 0 Å². The zero-order chi connectivity index (χ0) is 19.1. The fourth-order valence-corrected chi connectivity index (χ4v) is 3.01. The van der Waals surface area contributed by atoms with E-state index in [4.69, 9.17) is 5.73 Å². The molecule has 0 radical (unpaired) electrons. The number of H-pyrrole nitrogens is 1. The minimum atomic E-state index is -0.831. The molecule has 134 valence electrons. The fourth-order valence-electron chi connectivity index (χ4n) is 2.75. The number of primary amides is 1. The Morgan fingerprint density at radius 3 is 2.48 bits per heavy atom. The van der Waals surface area contributed by atoms with Gasteiger partial charge in [-0.25, -0.2) is 23.7 Å². The number of nitrogens with zero attached hydrogens (tertiary/aromatic N) is 3. The summed E-state index contributed by atoms with van der Waals surface area (Å²) in [5, 5.41) is 0. The van der Waals surface area contributed by atoms with Crippen LogP contribution < -0.4 is 11.4 Å². The zero-order valence-corrected chi connectivity index (χ0v) is 15.2. The number of rotatable bonds is 3. The quantitative estimate of drug-likeness (QED) is 0.523. The zero-order valence-electron chi connectivity index (χ0n) is 13.6. The molecule has 2 aromatic heterocycles. The van der Waals surface area contributed by atoms with Crippen molar-refractivity contribution in [2.45, 2.75) is 0 Å². The van der Waals surface area contributed by atoms with E-state index in [1.54, 1.807) is 30.3 Å². The second kappa shape index (κ2) is 6.44. The van der Waals surface area contributed by atoms with Crippen LogP contribution in [0.25, 0.3) is 28.2 Å². The molecule has 0 aliphatic carbocycles. The second-order valence-electron chi connectivity index (χ2n) is 5.68. The Balaban J connectivity index is 2.08. The molecule has 1 amide bonds. The lowest BCUT2D eigenvalue weighted by Gasteiger charge is -2.07. The predicted octanol–water partition coefficient (Wildman–Crippen LogP) is 2.78. The van der Waals surface area contributed by atoms with Crippen molar-refractivity contribution in [1.29, 1.82) is 0 Å². The van der Waals surface area contributed by atoms with Crippen molar-refractivity contribution in [3.05, 3.63) is 75.0 Å². The standard InChI is InChI=1S/C18H11BrFN5O2/c19-10-7-5-9(6-8-10)16-22-13(15(21)26)14-17(24-16)25(18(27)23-14)12-4-2-1-3-11(12)20/h1-8H,(H2,21,26)(H,23,27). The molecule has 2 heterocycles. The number of nitrogens with two attached hydrogens (primary N) is 1. The molecule has 3 N–H and O–H groups in total. The van der Waals surface area contributed by atoms with E-state index < -0.39 is 17.4 Å². The van der Waals surface area contributed by atoms with E-state index in [0.29, 0.717) is 5.56 Å². The highest BCUT2D eigenvalue weighted by molar-refractivity contribution is 9.10. The van der Waals surface area contributed by atoms with Crippen molar-refractivity contribution in [2.24, 2.45) is 5.73 Å². The summed E-state index contributed by atoms with van der Waals surface area (Å²) >= 11 is 3.34. The normalized spacial score (nSPS) is 11.0. The van der Waals surface area contributed by atoms with Crippen molar-refractivity contribution in [3.8, 4) is 17.1 Å². The summed E-state index contributed by atoms with van der Waals surface area (Å²) in [6.07, 6.45) is 0. The maximum atomic E-state index is 14.3. The van der Waals surface area contributed by atoms with Crippen LogP contribution in [0.5, 0.6) is 0 Å². The van der Waals surface area contributed by atoms with E-state index in [-0.39, 0.29) is 28.4 Å². The van der Waals surface area contributed by atoms with Crippen LogP contribution in [0.15, 0.2) is 57.8 Å². The molecule has 0 aliphatic heterocycles. The number of carbonyl (C=O) groups is 1. The first-order valence-corrected chi connectivity index (χ1v) is 8.58. The summed E-state index contributed by atoms with van der Waals surface area (Å²) < 4.78 is 16.2. The first-order chi connectivity index (χ1) is 13.0. The number of hydrogen-bond donors (Lipinski definition) is 2. The van der Waals surface area contributed by atoms with Crippen molar-refractivity contribution in [2.75, 3.05) is 0 Å².